The van der Waals surface area contributed by atoms with E-state index in [1.807, 2.05) is 11.8 Å². The first-order valence-electron chi connectivity index (χ1n) is 5.29. The van der Waals surface area contributed by atoms with Crippen LogP contribution in [0.25, 0.3) is 0 Å². The molecule has 2 aliphatic heterocycles. The van der Waals surface area contributed by atoms with E-state index >= 15 is 0 Å². The van der Waals surface area contributed by atoms with Crippen molar-refractivity contribution >= 4 is 17.7 Å². The lowest BCUT2D eigenvalue weighted by molar-refractivity contribution is 0.167. The van der Waals surface area contributed by atoms with Crippen molar-refractivity contribution in [2.24, 2.45) is 10.7 Å². The zero-order valence-corrected chi connectivity index (χ0v) is 9.97. The summed E-state index contributed by atoms with van der Waals surface area (Å²) in [4.78, 5) is 6.76. The molecular formula is C10H19N3S. The second-order valence-electron chi connectivity index (χ2n) is 4.50. The smallest absolute Gasteiger partial charge is 0.192 e. The summed E-state index contributed by atoms with van der Waals surface area (Å²) in [6.45, 7) is 7.60. The quantitative estimate of drug-likeness (QED) is 0.713. The summed E-state index contributed by atoms with van der Waals surface area (Å²) in [7, 11) is 0. The van der Waals surface area contributed by atoms with Crippen LogP contribution in [0.2, 0.25) is 0 Å². The van der Waals surface area contributed by atoms with Crippen LogP contribution in [0.1, 0.15) is 27.2 Å². The highest BCUT2D eigenvalue weighted by Gasteiger charge is 2.50. The number of thioether (sulfide) groups is 1. The van der Waals surface area contributed by atoms with Gasteiger partial charge in [0.05, 0.1) is 12.1 Å². The average Bonchev–Trinajstić information content (AvgIpc) is 2.60. The van der Waals surface area contributed by atoms with Crippen LogP contribution in [-0.4, -0.2) is 40.0 Å². The number of hydrogen-bond donors (Lipinski definition) is 1. The molecule has 4 heteroatoms. The summed E-state index contributed by atoms with van der Waals surface area (Å²) in [6, 6.07) is 0.461. The molecule has 0 amide bonds. The average molecular weight is 213 g/mol. The van der Waals surface area contributed by atoms with Gasteiger partial charge in [0.25, 0.3) is 0 Å². The Kier molecular flexibility index (Phi) is 2.41. The van der Waals surface area contributed by atoms with Crippen LogP contribution in [0.15, 0.2) is 4.99 Å². The Morgan fingerprint density at radius 3 is 2.86 bits per heavy atom. The fourth-order valence-electron chi connectivity index (χ4n) is 2.67. The van der Waals surface area contributed by atoms with Crippen LogP contribution in [0.4, 0.5) is 0 Å². The van der Waals surface area contributed by atoms with E-state index in [4.69, 9.17) is 5.73 Å². The molecular weight excluding hydrogens is 194 g/mol. The third kappa shape index (κ3) is 1.23. The molecule has 1 fully saturated rings. The second kappa shape index (κ2) is 3.33. The first kappa shape index (κ1) is 10.1. The molecule has 2 unspecified atom stereocenters. The standard InChI is InChI=1S/C10H19N3S/c1-7(2)13-9(11)12-6-10(13)4-5-14-8(10)3/h7-8H,4-6H2,1-3H3,(H2,11,12). The van der Waals surface area contributed by atoms with Gasteiger partial charge in [-0.3, -0.25) is 4.99 Å². The molecule has 3 nitrogen and oxygen atoms in total. The number of hydrogen-bond acceptors (Lipinski definition) is 4. The summed E-state index contributed by atoms with van der Waals surface area (Å²) < 4.78 is 0. The zero-order chi connectivity index (χ0) is 10.3. The SMILES string of the molecule is CC(C)N1C(N)=NCC12CCSC2C. The van der Waals surface area contributed by atoms with Gasteiger partial charge in [0.1, 0.15) is 0 Å². The van der Waals surface area contributed by atoms with Crippen LogP contribution in [0.5, 0.6) is 0 Å². The highest BCUT2D eigenvalue weighted by atomic mass is 32.2. The molecule has 0 bridgehead atoms. The van der Waals surface area contributed by atoms with Gasteiger partial charge < -0.3 is 10.6 Å². The maximum atomic E-state index is 5.96. The number of aliphatic imine (C=N–C) groups is 1. The first-order valence-corrected chi connectivity index (χ1v) is 6.33. The topological polar surface area (TPSA) is 41.6 Å². The summed E-state index contributed by atoms with van der Waals surface area (Å²) in [5.74, 6) is 1.99. The largest absolute Gasteiger partial charge is 0.370 e. The third-order valence-electron chi connectivity index (χ3n) is 3.42. The van der Waals surface area contributed by atoms with Gasteiger partial charge in [-0.05, 0) is 26.0 Å². The number of nitrogens with zero attached hydrogens (tertiary/aromatic N) is 2. The molecule has 0 aliphatic carbocycles. The van der Waals surface area contributed by atoms with Crippen LogP contribution in [-0.2, 0) is 0 Å². The molecule has 0 radical (unpaired) electrons. The molecule has 0 saturated carbocycles. The molecule has 1 saturated heterocycles. The fourth-order valence-corrected chi connectivity index (χ4v) is 4.11. The van der Waals surface area contributed by atoms with Gasteiger partial charge in [-0.1, -0.05) is 6.92 Å². The van der Waals surface area contributed by atoms with Gasteiger partial charge >= 0.3 is 0 Å². The van der Waals surface area contributed by atoms with Crippen molar-refractivity contribution < 1.29 is 0 Å². The molecule has 0 aromatic rings. The summed E-state index contributed by atoms with van der Waals surface area (Å²) in [6.07, 6.45) is 1.22. The Bertz CT molecular complexity index is 264. The molecule has 14 heavy (non-hydrogen) atoms. The van der Waals surface area contributed by atoms with Crippen LogP contribution >= 0.6 is 11.8 Å². The van der Waals surface area contributed by atoms with E-state index in [-0.39, 0.29) is 5.54 Å². The Morgan fingerprint density at radius 2 is 2.36 bits per heavy atom. The molecule has 80 valence electrons. The minimum Gasteiger partial charge on any atom is -0.370 e. The second-order valence-corrected chi connectivity index (χ2v) is 5.95. The van der Waals surface area contributed by atoms with E-state index in [9.17, 15) is 0 Å². The Labute approximate surface area is 90.1 Å². The number of nitrogens with two attached hydrogens (primary N) is 1. The monoisotopic (exact) mass is 213 g/mol. The molecule has 0 aromatic heterocycles. The molecule has 1 spiro atoms. The van der Waals surface area contributed by atoms with Crippen molar-refractivity contribution in [3.63, 3.8) is 0 Å². The molecule has 0 aromatic carbocycles. The summed E-state index contributed by atoms with van der Waals surface area (Å²) >= 11 is 2.05. The van der Waals surface area contributed by atoms with E-state index in [1.165, 1.54) is 12.2 Å². The molecule has 2 N–H and O–H groups in total. The van der Waals surface area contributed by atoms with Crippen molar-refractivity contribution in [1.82, 2.24) is 4.90 Å². The van der Waals surface area contributed by atoms with Gasteiger partial charge in [0.15, 0.2) is 5.96 Å². The highest BCUT2D eigenvalue weighted by molar-refractivity contribution is 8.00. The lowest BCUT2D eigenvalue weighted by atomic mass is 9.90. The van der Waals surface area contributed by atoms with E-state index in [0.717, 1.165) is 12.5 Å². The van der Waals surface area contributed by atoms with Crippen LogP contribution in [0, 0.1) is 0 Å². The van der Waals surface area contributed by atoms with Crippen molar-refractivity contribution in [1.29, 1.82) is 0 Å². The van der Waals surface area contributed by atoms with Crippen molar-refractivity contribution in [3.05, 3.63) is 0 Å². The molecule has 2 heterocycles. The maximum Gasteiger partial charge on any atom is 0.192 e. The molecule has 2 rings (SSSR count). The van der Waals surface area contributed by atoms with E-state index in [2.05, 4.69) is 30.7 Å². The van der Waals surface area contributed by atoms with Crippen LogP contribution < -0.4 is 5.73 Å². The van der Waals surface area contributed by atoms with E-state index in [1.54, 1.807) is 0 Å². The third-order valence-corrected chi connectivity index (χ3v) is 4.80. The van der Waals surface area contributed by atoms with Gasteiger partial charge in [0.2, 0.25) is 0 Å². The van der Waals surface area contributed by atoms with Crippen molar-refractivity contribution in [2.45, 2.75) is 44.0 Å². The summed E-state index contributed by atoms with van der Waals surface area (Å²) in [5.41, 5.74) is 6.19. The number of rotatable bonds is 1. The number of guanidine groups is 1. The maximum absolute atomic E-state index is 5.96. The predicted molar refractivity (Wildman–Crippen MR) is 62.7 cm³/mol. The molecule has 2 atom stereocenters. The Hall–Kier alpha value is -0.380. The van der Waals surface area contributed by atoms with E-state index in [0.29, 0.717) is 11.3 Å². The minimum absolute atomic E-state index is 0.225. The van der Waals surface area contributed by atoms with Crippen molar-refractivity contribution in [3.8, 4) is 0 Å². The highest BCUT2D eigenvalue weighted by Crippen LogP contribution is 2.43. The fraction of sp³-hybridized carbons (Fsp3) is 0.900. The zero-order valence-electron chi connectivity index (χ0n) is 9.16. The lowest BCUT2D eigenvalue weighted by Crippen LogP contribution is -2.57. The molecule has 2 aliphatic rings. The van der Waals surface area contributed by atoms with Gasteiger partial charge in [0, 0.05) is 11.3 Å². The Balaban J connectivity index is 2.29. The van der Waals surface area contributed by atoms with Gasteiger partial charge in [-0.15, -0.1) is 0 Å². The van der Waals surface area contributed by atoms with Gasteiger partial charge in [-0.25, -0.2) is 0 Å². The predicted octanol–water partition coefficient (Wildman–Crippen LogP) is 1.29. The van der Waals surface area contributed by atoms with Crippen LogP contribution in [0.3, 0.4) is 0 Å². The minimum atomic E-state index is 0.225. The van der Waals surface area contributed by atoms with Gasteiger partial charge in [-0.2, -0.15) is 11.8 Å². The normalized spacial score (nSPS) is 37.3. The van der Waals surface area contributed by atoms with Crippen molar-refractivity contribution in [2.75, 3.05) is 12.3 Å². The first-order chi connectivity index (χ1) is 6.58. The lowest BCUT2D eigenvalue weighted by Gasteiger charge is -2.41. The Morgan fingerprint density at radius 1 is 1.64 bits per heavy atom. The summed E-state index contributed by atoms with van der Waals surface area (Å²) in [5, 5.41) is 0.648. The van der Waals surface area contributed by atoms with E-state index < -0.39 is 0 Å².